The Morgan fingerprint density at radius 2 is 1.97 bits per heavy atom. The normalized spacial score (nSPS) is 11.0. The molecule has 0 aliphatic rings. The lowest BCUT2D eigenvalue weighted by atomic mass is 10.1. The quantitative estimate of drug-likeness (QED) is 0.341. The van der Waals surface area contributed by atoms with Gasteiger partial charge in [-0.3, -0.25) is 14.3 Å². The topological polar surface area (TPSA) is 97.4 Å². The number of nitrogens with one attached hydrogen (secondary N) is 1. The first kappa shape index (κ1) is 21.1. The van der Waals surface area contributed by atoms with Gasteiger partial charge >= 0.3 is 0 Å². The van der Waals surface area contributed by atoms with Gasteiger partial charge in [0, 0.05) is 16.6 Å². The lowest BCUT2D eigenvalue weighted by Crippen LogP contribution is -2.12. The zero-order chi connectivity index (χ0) is 23.7. The van der Waals surface area contributed by atoms with Crippen molar-refractivity contribution in [2.24, 2.45) is 0 Å². The van der Waals surface area contributed by atoms with Crippen molar-refractivity contribution >= 4 is 28.8 Å². The van der Waals surface area contributed by atoms with Crippen molar-refractivity contribution in [2.45, 2.75) is 6.54 Å². The molecule has 0 spiro atoms. The van der Waals surface area contributed by atoms with Gasteiger partial charge in [-0.05, 0) is 66.2 Å². The number of aldehydes is 1. The van der Waals surface area contributed by atoms with Gasteiger partial charge < -0.3 is 14.8 Å². The number of phenolic OH excluding ortho intramolecular Hbond substituents is 1. The fourth-order valence-corrected chi connectivity index (χ4v) is 3.74. The number of phenols is 1. The first-order chi connectivity index (χ1) is 16.5. The Kier molecular flexibility index (Phi) is 5.39. The van der Waals surface area contributed by atoms with Gasteiger partial charge in [0.2, 0.25) is 0 Å². The highest BCUT2D eigenvalue weighted by Crippen LogP contribution is 2.28. The maximum atomic E-state index is 13.5. The largest absolute Gasteiger partial charge is 0.507 e. The molecule has 5 aromatic rings. The van der Waals surface area contributed by atoms with Gasteiger partial charge in [-0.1, -0.05) is 12.1 Å². The lowest BCUT2D eigenvalue weighted by molar-refractivity contribution is 0.102. The molecular weight excluding hydrogens is 437 g/mol. The Morgan fingerprint density at radius 3 is 2.76 bits per heavy atom. The van der Waals surface area contributed by atoms with Crippen LogP contribution in [0.5, 0.6) is 5.75 Å². The van der Waals surface area contributed by atoms with Crippen molar-refractivity contribution in [3.05, 3.63) is 102 Å². The summed E-state index contributed by atoms with van der Waals surface area (Å²) < 4.78 is 20.6. The van der Waals surface area contributed by atoms with Crippen molar-refractivity contribution in [2.75, 3.05) is 5.32 Å². The summed E-state index contributed by atoms with van der Waals surface area (Å²) in [7, 11) is 0. The smallest absolute Gasteiger partial charge is 0.259 e. The molecule has 0 radical (unpaired) electrons. The first-order valence-corrected chi connectivity index (χ1v) is 10.4. The number of fused-ring (bicyclic) bond motifs is 1. The summed E-state index contributed by atoms with van der Waals surface area (Å²) in [6.07, 6.45) is 2.26. The number of hydrogen-bond acceptors (Lipinski definition) is 5. The molecule has 1 amide bonds. The number of nitrogens with zero attached hydrogens (tertiary/aromatic N) is 2. The van der Waals surface area contributed by atoms with Crippen LogP contribution in [-0.4, -0.2) is 27.1 Å². The van der Waals surface area contributed by atoms with Gasteiger partial charge in [0.15, 0.2) is 12.0 Å². The van der Waals surface area contributed by atoms with E-state index in [-0.39, 0.29) is 22.9 Å². The number of rotatable bonds is 6. The summed E-state index contributed by atoms with van der Waals surface area (Å²) in [6, 6.07) is 19.3. The molecule has 0 saturated carbocycles. The molecule has 0 fully saturated rings. The number of furan rings is 1. The molecule has 34 heavy (non-hydrogen) atoms. The molecule has 0 aliphatic heterocycles. The predicted octanol–water partition coefficient (Wildman–Crippen LogP) is 5.25. The number of hydrogen-bond donors (Lipinski definition) is 2. The van der Waals surface area contributed by atoms with Crippen molar-refractivity contribution in [1.29, 1.82) is 0 Å². The minimum atomic E-state index is -0.506. The highest BCUT2D eigenvalue weighted by Gasteiger charge is 2.15. The molecule has 0 aliphatic carbocycles. The minimum absolute atomic E-state index is 0.0587. The molecule has 7 nitrogen and oxygen atoms in total. The highest BCUT2D eigenvalue weighted by atomic mass is 19.1. The van der Waals surface area contributed by atoms with E-state index in [1.54, 1.807) is 41.2 Å². The van der Waals surface area contributed by atoms with Crippen molar-refractivity contribution in [3.8, 4) is 17.1 Å². The molecule has 0 bridgehead atoms. The van der Waals surface area contributed by atoms with Crippen molar-refractivity contribution in [1.82, 2.24) is 9.78 Å². The lowest BCUT2D eigenvalue weighted by Gasteiger charge is -2.09. The number of aromatic hydroxyl groups is 1. The number of amides is 1. The Morgan fingerprint density at radius 1 is 1.09 bits per heavy atom. The third kappa shape index (κ3) is 4.16. The third-order valence-electron chi connectivity index (χ3n) is 5.39. The van der Waals surface area contributed by atoms with E-state index >= 15 is 0 Å². The van der Waals surface area contributed by atoms with E-state index in [4.69, 9.17) is 4.42 Å². The Hall–Kier alpha value is -4.72. The standard InChI is InChI=1S/C26H18FN3O4/c27-19-3-1-2-16(10-19)14-30-23-7-5-20(11-18(23)13-28-30)29-26(33)22-12-17(4-8-24(22)32)25-9-6-21(15-31)34-25/h1-13,15,32H,14H2,(H,29,33). The number of anilines is 1. The van der Waals surface area contributed by atoms with Crippen molar-refractivity contribution < 1.29 is 23.5 Å². The van der Waals surface area contributed by atoms with Crippen molar-refractivity contribution in [3.63, 3.8) is 0 Å². The second-order valence-electron chi connectivity index (χ2n) is 7.71. The summed E-state index contributed by atoms with van der Waals surface area (Å²) in [4.78, 5) is 23.7. The SMILES string of the molecule is O=Cc1ccc(-c2ccc(O)c(C(=O)Nc3ccc4c(cnn4Cc4cccc(F)c4)c3)c2)o1. The minimum Gasteiger partial charge on any atom is -0.507 e. The summed E-state index contributed by atoms with van der Waals surface area (Å²) in [5.41, 5.74) is 2.74. The van der Waals surface area contributed by atoms with E-state index in [1.165, 1.54) is 30.3 Å². The second kappa shape index (κ2) is 8.67. The molecule has 2 N–H and O–H groups in total. The number of halogens is 1. The van der Waals surface area contributed by atoms with E-state index < -0.39 is 5.91 Å². The van der Waals surface area contributed by atoms with E-state index in [1.807, 2.05) is 12.1 Å². The van der Waals surface area contributed by atoms with Crippen LogP contribution in [0.15, 0.2) is 83.4 Å². The number of carbonyl (C=O) groups excluding carboxylic acids is 2. The van der Waals surface area contributed by atoms with Crippen LogP contribution in [0.25, 0.3) is 22.2 Å². The number of aromatic nitrogens is 2. The van der Waals surface area contributed by atoms with Gasteiger partial charge in [-0.15, -0.1) is 0 Å². The zero-order valence-corrected chi connectivity index (χ0v) is 17.7. The molecule has 8 heteroatoms. The van der Waals surface area contributed by atoms with Gasteiger partial charge in [0.1, 0.15) is 17.3 Å². The van der Waals surface area contributed by atoms with E-state index in [0.29, 0.717) is 29.8 Å². The summed E-state index contributed by atoms with van der Waals surface area (Å²) in [6.45, 7) is 0.409. The third-order valence-corrected chi connectivity index (χ3v) is 5.39. The van der Waals surface area contributed by atoms with Gasteiger partial charge in [0.05, 0.1) is 23.8 Å². The monoisotopic (exact) mass is 455 g/mol. The van der Waals surface area contributed by atoms with Crippen LogP contribution in [0.2, 0.25) is 0 Å². The number of benzene rings is 3. The van der Waals surface area contributed by atoms with Gasteiger partial charge in [-0.25, -0.2) is 4.39 Å². The first-order valence-electron chi connectivity index (χ1n) is 10.4. The summed E-state index contributed by atoms with van der Waals surface area (Å²) in [5, 5.41) is 18.2. The van der Waals surface area contributed by atoms with Crippen LogP contribution >= 0.6 is 0 Å². The number of carbonyl (C=O) groups is 2. The molecule has 168 valence electrons. The molecule has 3 aromatic carbocycles. The Bertz CT molecular complexity index is 1540. The van der Waals surface area contributed by atoms with Crippen LogP contribution in [0.1, 0.15) is 26.5 Å². The average Bonchev–Trinajstić information content (AvgIpc) is 3.46. The molecule has 0 unspecified atom stereocenters. The summed E-state index contributed by atoms with van der Waals surface area (Å²) in [5.74, 6) is -0.424. The van der Waals surface area contributed by atoms with Crippen LogP contribution < -0.4 is 5.32 Å². The van der Waals surface area contributed by atoms with Crippen LogP contribution in [0, 0.1) is 5.82 Å². The molecule has 0 saturated heterocycles. The second-order valence-corrected chi connectivity index (χ2v) is 7.71. The summed E-state index contributed by atoms with van der Waals surface area (Å²) >= 11 is 0. The van der Waals surface area contributed by atoms with Crippen LogP contribution in [0.4, 0.5) is 10.1 Å². The maximum absolute atomic E-state index is 13.5. The Balaban J connectivity index is 1.37. The molecule has 0 atom stereocenters. The van der Waals surface area contributed by atoms with Crippen LogP contribution in [-0.2, 0) is 6.54 Å². The van der Waals surface area contributed by atoms with Gasteiger partial charge in [-0.2, -0.15) is 5.10 Å². The fraction of sp³-hybridized carbons (Fsp3) is 0.0385. The highest BCUT2D eigenvalue weighted by molar-refractivity contribution is 6.07. The van der Waals surface area contributed by atoms with E-state index in [2.05, 4.69) is 10.4 Å². The average molecular weight is 455 g/mol. The fourth-order valence-electron chi connectivity index (χ4n) is 3.74. The molecule has 2 heterocycles. The van der Waals surface area contributed by atoms with E-state index in [0.717, 1.165) is 16.5 Å². The van der Waals surface area contributed by atoms with E-state index in [9.17, 15) is 19.1 Å². The Labute approximate surface area is 193 Å². The predicted molar refractivity (Wildman–Crippen MR) is 124 cm³/mol. The maximum Gasteiger partial charge on any atom is 0.259 e. The molecule has 5 rings (SSSR count). The molecular formula is C26H18FN3O4. The molecule has 2 aromatic heterocycles. The van der Waals surface area contributed by atoms with Crippen LogP contribution in [0.3, 0.4) is 0 Å². The zero-order valence-electron chi connectivity index (χ0n) is 17.7. The van der Waals surface area contributed by atoms with Gasteiger partial charge in [0.25, 0.3) is 5.91 Å².